The van der Waals surface area contributed by atoms with Crippen LogP contribution in [0.3, 0.4) is 0 Å². The van der Waals surface area contributed by atoms with Crippen molar-refractivity contribution in [2.75, 3.05) is 0 Å². The number of rotatable bonds is 3. The van der Waals surface area contributed by atoms with E-state index in [0.29, 0.717) is 30.5 Å². The fraction of sp³-hybridized carbons (Fsp3) is 0.286. The molecule has 22 heavy (non-hydrogen) atoms. The molecule has 4 rings (SSSR count). The summed E-state index contributed by atoms with van der Waals surface area (Å²) in [6, 6.07) is 4.98. The summed E-state index contributed by atoms with van der Waals surface area (Å²) in [4.78, 5) is 20.7. The molecular weight excluding hydrogens is 286 g/mol. The number of nitrogens with one attached hydrogen (secondary N) is 1. The van der Waals surface area contributed by atoms with E-state index in [1.807, 2.05) is 23.1 Å². The minimum Gasteiger partial charge on any atom is -0.480 e. The number of aromatic amines is 1. The van der Waals surface area contributed by atoms with Gasteiger partial charge in [0.2, 0.25) is 0 Å². The standard InChI is InChI=1S/C14H13N5O3/c20-14(21)12-4-10-11(16-7-15-10)6-19(12)5-8-2-1-3-9-13(8)18-22-17-9/h1-3,7,12H,4-6H2,(H,15,16)(H,20,21)/t12-/m1/s1. The Balaban J connectivity index is 1.68. The highest BCUT2D eigenvalue weighted by Gasteiger charge is 2.33. The quantitative estimate of drug-likeness (QED) is 0.741. The van der Waals surface area contributed by atoms with Gasteiger partial charge in [0.05, 0.1) is 17.7 Å². The highest BCUT2D eigenvalue weighted by molar-refractivity contribution is 5.77. The zero-order valence-corrected chi connectivity index (χ0v) is 11.6. The average molecular weight is 299 g/mol. The van der Waals surface area contributed by atoms with Crippen molar-refractivity contribution in [3.8, 4) is 0 Å². The molecule has 3 aromatic rings. The zero-order chi connectivity index (χ0) is 15.1. The fourth-order valence-corrected chi connectivity index (χ4v) is 2.91. The molecule has 0 bridgehead atoms. The van der Waals surface area contributed by atoms with Crippen LogP contribution in [-0.4, -0.2) is 42.3 Å². The van der Waals surface area contributed by atoms with Crippen LogP contribution in [0.15, 0.2) is 29.2 Å². The van der Waals surface area contributed by atoms with Gasteiger partial charge in [-0.25, -0.2) is 9.61 Å². The number of aromatic nitrogens is 4. The molecule has 0 amide bonds. The van der Waals surface area contributed by atoms with Crippen LogP contribution in [-0.2, 0) is 24.3 Å². The van der Waals surface area contributed by atoms with Crippen LogP contribution in [0, 0.1) is 0 Å². The molecule has 0 saturated carbocycles. The number of aliphatic carboxylic acids is 1. The number of carboxylic acids is 1. The molecule has 8 heteroatoms. The fourth-order valence-electron chi connectivity index (χ4n) is 2.91. The third kappa shape index (κ3) is 2.04. The first-order valence-corrected chi connectivity index (χ1v) is 6.90. The molecule has 0 fully saturated rings. The molecule has 1 aliphatic heterocycles. The predicted octanol–water partition coefficient (Wildman–Crippen LogP) is 0.957. The predicted molar refractivity (Wildman–Crippen MR) is 74.8 cm³/mol. The van der Waals surface area contributed by atoms with Gasteiger partial charge in [-0.15, -0.1) is 0 Å². The van der Waals surface area contributed by atoms with E-state index in [2.05, 4.69) is 20.3 Å². The summed E-state index contributed by atoms with van der Waals surface area (Å²) in [6.45, 7) is 0.967. The van der Waals surface area contributed by atoms with Gasteiger partial charge in [-0.2, -0.15) is 0 Å². The highest BCUT2D eigenvalue weighted by Crippen LogP contribution is 2.25. The SMILES string of the molecule is O=C(O)[C@H]1Cc2nc[nH]c2CN1Cc1cccc2nonc12. The molecule has 0 saturated heterocycles. The molecule has 0 aliphatic carbocycles. The second-order valence-electron chi connectivity index (χ2n) is 5.34. The second-order valence-corrected chi connectivity index (χ2v) is 5.34. The van der Waals surface area contributed by atoms with Gasteiger partial charge in [-0.3, -0.25) is 9.69 Å². The van der Waals surface area contributed by atoms with Crippen LogP contribution in [0.25, 0.3) is 11.0 Å². The van der Waals surface area contributed by atoms with Crippen LogP contribution in [0.2, 0.25) is 0 Å². The summed E-state index contributed by atoms with van der Waals surface area (Å²) in [6.07, 6.45) is 2.00. The number of carboxylic acid groups (broad SMARTS) is 1. The summed E-state index contributed by atoms with van der Waals surface area (Å²) < 4.78 is 4.76. The molecule has 2 N–H and O–H groups in total. The summed E-state index contributed by atoms with van der Waals surface area (Å²) >= 11 is 0. The Morgan fingerprint density at radius 1 is 1.45 bits per heavy atom. The van der Waals surface area contributed by atoms with E-state index in [1.165, 1.54) is 0 Å². The van der Waals surface area contributed by atoms with Gasteiger partial charge in [0.15, 0.2) is 0 Å². The van der Waals surface area contributed by atoms with Gasteiger partial charge in [0.25, 0.3) is 0 Å². The third-order valence-corrected chi connectivity index (χ3v) is 4.02. The Kier molecular flexibility index (Phi) is 2.90. The van der Waals surface area contributed by atoms with Crippen molar-refractivity contribution in [2.24, 2.45) is 0 Å². The van der Waals surface area contributed by atoms with Crippen molar-refractivity contribution >= 4 is 17.0 Å². The van der Waals surface area contributed by atoms with Gasteiger partial charge in [-0.05, 0) is 21.9 Å². The number of benzene rings is 1. The van der Waals surface area contributed by atoms with Crippen molar-refractivity contribution in [2.45, 2.75) is 25.6 Å². The van der Waals surface area contributed by atoms with Crippen LogP contribution in [0.1, 0.15) is 17.0 Å². The maximum Gasteiger partial charge on any atom is 0.321 e. The molecule has 3 heterocycles. The Hall–Kier alpha value is -2.74. The summed E-state index contributed by atoms with van der Waals surface area (Å²) in [5.41, 5.74) is 4.02. The largest absolute Gasteiger partial charge is 0.480 e. The first-order valence-electron chi connectivity index (χ1n) is 6.90. The Bertz CT molecular complexity index is 840. The number of hydrogen-bond donors (Lipinski definition) is 2. The minimum absolute atomic E-state index is 0.390. The first kappa shape index (κ1) is 13.0. The lowest BCUT2D eigenvalue weighted by Crippen LogP contribution is -2.45. The van der Waals surface area contributed by atoms with Gasteiger partial charge < -0.3 is 10.1 Å². The second kappa shape index (κ2) is 4.92. The molecular formula is C14H13N5O3. The summed E-state index contributed by atoms with van der Waals surface area (Å²) in [5.74, 6) is -0.848. The van der Waals surface area contributed by atoms with Gasteiger partial charge in [-0.1, -0.05) is 12.1 Å². The lowest BCUT2D eigenvalue weighted by Gasteiger charge is -2.32. The van der Waals surface area contributed by atoms with E-state index >= 15 is 0 Å². The molecule has 1 aliphatic rings. The van der Waals surface area contributed by atoms with Gasteiger partial charge in [0, 0.05) is 19.5 Å². The lowest BCUT2D eigenvalue weighted by molar-refractivity contribution is -0.144. The van der Waals surface area contributed by atoms with Gasteiger partial charge in [0.1, 0.15) is 17.1 Å². The topological polar surface area (TPSA) is 108 Å². The lowest BCUT2D eigenvalue weighted by atomic mass is 10.0. The van der Waals surface area contributed by atoms with E-state index < -0.39 is 12.0 Å². The number of hydrogen-bond acceptors (Lipinski definition) is 6. The molecule has 0 unspecified atom stereocenters. The Labute approximate surface area is 124 Å². The van der Waals surface area contributed by atoms with Crippen LogP contribution >= 0.6 is 0 Å². The number of H-pyrrole nitrogens is 1. The monoisotopic (exact) mass is 299 g/mol. The summed E-state index contributed by atoms with van der Waals surface area (Å²) in [7, 11) is 0. The highest BCUT2D eigenvalue weighted by atomic mass is 16.6. The third-order valence-electron chi connectivity index (χ3n) is 4.02. The Morgan fingerprint density at radius 2 is 2.36 bits per heavy atom. The Morgan fingerprint density at radius 3 is 3.23 bits per heavy atom. The van der Waals surface area contributed by atoms with Crippen molar-refractivity contribution in [3.63, 3.8) is 0 Å². The van der Waals surface area contributed by atoms with Gasteiger partial charge >= 0.3 is 5.97 Å². The minimum atomic E-state index is -0.848. The molecule has 1 atom stereocenters. The summed E-state index contributed by atoms with van der Waals surface area (Å²) in [5, 5.41) is 17.2. The molecule has 8 nitrogen and oxygen atoms in total. The maximum absolute atomic E-state index is 11.6. The zero-order valence-electron chi connectivity index (χ0n) is 11.6. The molecule has 112 valence electrons. The van der Waals surface area contributed by atoms with E-state index in [9.17, 15) is 9.90 Å². The molecule has 1 aromatic carbocycles. The number of nitrogens with zero attached hydrogens (tertiary/aromatic N) is 4. The van der Waals surface area contributed by atoms with Crippen LogP contribution in [0.5, 0.6) is 0 Å². The number of fused-ring (bicyclic) bond motifs is 2. The van der Waals surface area contributed by atoms with Crippen molar-refractivity contribution in [3.05, 3.63) is 41.5 Å². The van der Waals surface area contributed by atoms with E-state index in [0.717, 1.165) is 17.0 Å². The average Bonchev–Trinajstić information content (AvgIpc) is 3.14. The van der Waals surface area contributed by atoms with Crippen LogP contribution in [0.4, 0.5) is 0 Å². The van der Waals surface area contributed by atoms with E-state index in [4.69, 9.17) is 4.63 Å². The number of imidazole rings is 1. The van der Waals surface area contributed by atoms with Crippen molar-refractivity contribution < 1.29 is 14.5 Å². The molecule has 0 radical (unpaired) electrons. The van der Waals surface area contributed by atoms with Crippen molar-refractivity contribution in [1.82, 2.24) is 25.2 Å². The van der Waals surface area contributed by atoms with E-state index in [1.54, 1.807) is 6.33 Å². The van der Waals surface area contributed by atoms with Crippen LogP contribution < -0.4 is 0 Å². The maximum atomic E-state index is 11.6. The number of carbonyl (C=O) groups is 1. The smallest absolute Gasteiger partial charge is 0.321 e. The van der Waals surface area contributed by atoms with E-state index in [-0.39, 0.29) is 0 Å². The first-order chi connectivity index (χ1) is 10.7. The normalized spacial score (nSPS) is 18.5. The van der Waals surface area contributed by atoms with Crippen molar-refractivity contribution in [1.29, 1.82) is 0 Å². The molecule has 0 spiro atoms. The molecule has 2 aromatic heterocycles.